The summed E-state index contributed by atoms with van der Waals surface area (Å²) in [6.45, 7) is 6.90. The molecule has 0 saturated carbocycles. The summed E-state index contributed by atoms with van der Waals surface area (Å²) in [7, 11) is 1.74. The van der Waals surface area contributed by atoms with Gasteiger partial charge in [0.1, 0.15) is 6.04 Å². The van der Waals surface area contributed by atoms with Crippen LogP contribution in [0.3, 0.4) is 0 Å². The maximum atomic E-state index is 11.9. The molecule has 0 aliphatic heterocycles. The number of amides is 1. The van der Waals surface area contributed by atoms with E-state index in [4.69, 9.17) is 11.6 Å². The number of aromatic nitrogens is 3. The molecule has 1 amide bonds. The summed E-state index contributed by atoms with van der Waals surface area (Å²) in [6, 6.07) is -0.433. The number of rotatable bonds is 6. The topological polar surface area (TPSA) is 83.0 Å². The number of hydrogen-bond acceptors (Lipinski definition) is 6. The zero-order valence-electron chi connectivity index (χ0n) is 11.6. The molecule has 0 spiro atoms. The Labute approximate surface area is 117 Å². The fraction of sp³-hybridized carbons (Fsp3) is 0.636. The lowest BCUT2D eigenvalue weighted by Gasteiger charge is -2.20. The Morgan fingerprint density at radius 3 is 2.53 bits per heavy atom. The third-order valence-electron chi connectivity index (χ3n) is 2.51. The predicted octanol–water partition coefficient (Wildman–Crippen LogP) is 1.24. The monoisotopic (exact) mass is 286 g/mol. The van der Waals surface area contributed by atoms with Crippen LogP contribution >= 0.6 is 11.6 Å². The summed E-state index contributed by atoms with van der Waals surface area (Å²) in [4.78, 5) is 25.5. The second-order valence-electron chi connectivity index (χ2n) is 4.00. The normalized spacial score (nSPS) is 11.8. The van der Waals surface area contributed by atoms with E-state index in [-0.39, 0.29) is 17.1 Å². The van der Waals surface area contributed by atoms with Crippen LogP contribution in [0.2, 0.25) is 5.28 Å². The molecule has 1 rings (SSSR count). The van der Waals surface area contributed by atoms with Gasteiger partial charge in [0.25, 0.3) is 0 Å². The van der Waals surface area contributed by atoms with Crippen molar-refractivity contribution in [3.8, 4) is 0 Å². The van der Waals surface area contributed by atoms with Gasteiger partial charge in [-0.15, -0.1) is 0 Å². The van der Waals surface area contributed by atoms with E-state index in [0.29, 0.717) is 19.0 Å². The molecule has 2 N–H and O–H groups in total. The molecule has 1 unspecified atom stereocenters. The molecule has 1 atom stereocenters. The molecule has 8 heteroatoms. The molecule has 0 saturated heterocycles. The van der Waals surface area contributed by atoms with E-state index in [1.54, 1.807) is 18.9 Å². The Hall–Kier alpha value is -1.63. The highest BCUT2D eigenvalue weighted by atomic mass is 35.5. The number of anilines is 2. The lowest BCUT2D eigenvalue weighted by atomic mass is 10.3. The molecule has 0 aliphatic carbocycles. The Kier molecular flexibility index (Phi) is 5.75. The third kappa shape index (κ3) is 4.51. The molecular formula is C11H19ClN6O. The van der Waals surface area contributed by atoms with Gasteiger partial charge in [-0.05, 0) is 32.4 Å². The van der Waals surface area contributed by atoms with E-state index in [0.717, 1.165) is 0 Å². The molecule has 0 radical (unpaired) electrons. The number of carbonyl (C=O) groups is 1. The summed E-state index contributed by atoms with van der Waals surface area (Å²) in [5.41, 5.74) is 0. The zero-order chi connectivity index (χ0) is 14.4. The molecular weight excluding hydrogens is 268 g/mol. The number of hydrogen-bond donors (Lipinski definition) is 2. The van der Waals surface area contributed by atoms with Crippen molar-refractivity contribution < 1.29 is 4.79 Å². The van der Waals surface area contributed by atoms with Crippen molar-refractivity contribution in [1.82, 2.24) is 19.9 Å². The standard InChI is InChI=1S/C11H19ClN6O/c1-5-13-10-15-9(12)16-11(17-10)14-7(3)8(19)18(4)6-2/h7H,5-6H2,1-4H3,(H2,13,14,15,16,17). The van der Waals surface area contributed by atoms with Gasteiger partial charge in [0.2, 0.25) is 23.1 Å². The van der Waals surface area contributed by atoms with Gasteiger partial charge in [-0.3, -0.25) is 4.79 Å². The van der Waals surface area contributed by atoms with Crippen LogP contribution in [0, 0.1) is 0 Å². The first-order valence-electron chi connectivity index (χ1n) is 6.14. The number of carbonyl (C=O) groups excluding carboxylic acids is 1. The Morgan fingerprint density at radius 1 is 1.32 bits per heavy atom. The first kappa shape index (κ1) is 15.4. The summed E-state index contributed by atoms with van der Waals surface area (Å²) < 4.78 is 0. The SMILES string of the molecule is CCNc1nc(Cl)nc(NC(C)C(=O)N(C)CC)n1. The molecule has 1 aromatic rings. The highest BCUT2D eigenvalue weighted by Crippen LogP contribution is 2.10. The molecule has 7 nitrogen and oxygen atoms in total. The van der Waals surface area contributed by atoms with Crippen LogP contribution in [0.25, 0.3) is 0 Å². The maximum absolute atomic E-state index is 11.9. The number of halogens is 1. The largest absolute Gasteiger partial charge is 0.354 e. The van der Waals surface area contributed by atoms with Crippen LogP contribution in [-0.2, 0) is 4.79 Å². The van der Waals surface area contributed by atoms with Crippen LogP contribution in [0.4, 0.5) is 11.9 Å². The summed E-state index contributed by atoms with van der Waals surface area (Å²) in [5, 5.41) is 5.94. The van der Waals surface area contributed by atoms with Gasteiger partial charge in [0, 0.05) is 20.1 Å². The van der Waals surface area contributed by atoms with Crippen LogP contribution < -0.4 is 10.6 Å². The molecule has 0 fully saturated rings. The van der Waals surface area contributed by atoms with E-state index >= 15 is 0 Å². The fourth-order valence-electron chi connectivity index (χ4n) is 1.39. The smallest absolute Gasteiger partial charge is 0.244 e. The average Bonchev–Trinajstić information content (AvgIpc) is 2.36. The fourth-order valence-corrected chi connectivity index (χ4v) is 1.55. The molecule has 1 heterocycles. The predicted molar refractivity (Wildman–Crippen MR) is 75.4 cm³/mol. The van der Waals surface area contributed by atoms with Crippen molar-refractivity contribution in [2.24, 2.45) is 0 Å². The van der Waals surface area contributed by atoms with Gasteiger partial charge in [-0.25, -0.2) is 0 Å². The molecule has 0 bridgehead atoms. The Bertz CT molecular complexity index is 441. The van der Waals surface area contributed by atoms with Crippen LogP contribution in [0.1, 0.15) is 20.8 Å². The van der Waals surface area contributed by atoms with Gasteiger partial charge in [0.05, 0.1) is 0 Å². The van der Waals surface area contributed by atoms with Crippen molar-refractivity contribution in [2.45, 2.75) is 26.8 Å². The van der Waals surface area contributed by atoms with E-state index < -0.39 is 6.04 Å². The lowest BCUT2D eigenvalue weighted by Crippen LogP contribution is -2.39. The van der Waals surface area contributed by atoms with E-state index in [1.165, 1.54) is 0 Å². The first-order chi connectivity index (χ1) is 8.97. The third-order valence-corrected chi connectivity index (χ3v) is 2.68. The molecule has 106 valence electrons. The van der Waals surface area contributed by atoms with E-state index in [2.05, 4.69) is 25.6 Å². The van der Waals surface area contributed by atoms with Crippen molar-refractivity contribution in [3.05, 3.63) is 5.28 Å². The first-order valence-corrected chi connectivity index (χ1v) is 6.52. The van der Waals surface area contributed by atoms with Crippen molar-refractivity contribution in [1.29, 1.82) is 0 Å². The highest BCUT2D eigenvalue weighted by molar-refractivity contribution is 6.28. The minimum Gasteiger partial charge on any atom is -0.354 e. The minimum absolute atomic E-state index is 0.0379. The lowest BCUT2D eigenvalue weighted by molar-refractivity contribution is -0.130. The average molecular weight is 287 g/mol. The van der Waals surface area contributed by atoms with Gasteiger partial charge in [0.15, 0.2) is 0 Å². The number of likely N-dealkylation sites (N-methyl/N-ethyl adjacent to an activating group) is 1. The van der Waals surface area contributed by atoms with E-state index in [1.807, 2.05) is 13.8 Å². The molecule has 0 aromatic carbocycles. The van der Waals surface area contributed by atoms with Gasteiger partial charge >= 0.3 is 0 Å². The van der Waals surface area contributed by atoms with Gasteiger partial charge in [-0.1, -0.05) is 0 Å². The Balaban J connectivity index is 2.78. The summed E-state index contributed by atoms with van der Waals surface area (Å²) in [6.07, 6.45) is 0. The van der Waals surface area contributed by atoms with Crippen molar-refractivity contribution >= 4 is 29.4 Å². The van der Waals surface area contributed by atoms with Crippen molar-refractivity contribution in [2.75, 3.05) is 30.8 Å². The van der Waals surface area contributed by atoms with Crippen molar-refractivity contribution in [3.63, 3.8) is 0 Å². The second-order valence-corrected chi connectivity index (χ2v) is 4.34. The van der Waals surface area contributed by atoms with Gasteiger partial charge in [-0.2, -0.15) is 15.0 Å². The van der Waals surface area contributed by atoms with Crippen LogP contribution in [-0.4, -0.2) is 51.9 Å². The summed E-state index contributed by atoms with van der Waals surface area (Å²) >= 11 is 5.80. The Morgan fingerprint density at radius 2 is 1.95 bits per heavy atom. The second kappa shape index (κ2) is 7.08. The minimum atomic E-state index is -0.433. The molecule has 0 aliphatic rings. The van der Waals surface area contributed by atoms with Gasteiger partial charge < -0.3 is 15.5 Å². The highest BCUT2D eigenvalue weighted by Gasteiger charge is 2.17. The zero-order valence-corrected chi connectivity index (χ0v) is 12.3. The van der Waals surface area contributed by atoms with E-state index in [9.17, 15) is 4.79 Å². The molecule has 1 aromatic heterocycles. The number of nitrogens with one attached hydrogen (secondary N) is 2. The maximum Gasteiger partial charge on any atom is 0.244 e. The quantitative estimate of drug-likeness (QED) is 0.818. The van der Waals surface area contributed by atoms with Crippen LogP contribution in [0.15, 0.2) is 0 Å². The summed E-state index contributed by atoms with van der Waals surface area (Å²) in [5.74, 6) is 0.624. The van der Waals surface area contributed by atoms with Crippen LogP contribution in [0.5, 0.6) is 0 Å². The molecule has 19 heavy (non-hydrogen) atoms. The number of nitrogens with zero attached hydrogens (tertiary/aromatic N) is 4.